The van der Waals surface area contributed by atoms with E-state index in [0.717, 1.165) is 47.5 Å². The van der Waals surface area contributed by atoms with E-state index in [0.29, 0.717) is 23.8 Å². The molecular weight excluding hydrogens is 512 g/mol. The van der Waals surface area contributed by atoms with Gasteiger partial charge in [-0.15, -0.1) is 0 Å². The zero-order chi connectivity index (χ0) is 28.1. The molecule has 0 atom stereocenters. The molecule has 2 aromatic carbocycles. The summed E-state index contributed by atoms with van der Waals surface area (Å²) < 4.78 is 31.0. The second-order valence-electron chi connectivity index (χ2n) is 11.1. The quantitative estimate of drug-likeness (QED) is 0.361. The van der Waals surface area contributed by atoms with Crippen LogP contribution in [0.25, 0.3) is 5.69 Å². The average molecular weight is 544 g/mol. The van der Waals surface area contributed by atoms with E-state index < -0.39 is 24.0 Å². The van der Waals surface area contributed by atoms with Crippen molar-refractivity contribution in [2.75, 3.05) is 11.9 Å². The maximum Gasteiger partial charge on any atom is 0.291 e. The van der Waals surface area contributed by atoms with Crippen LogP contribution in [0.2, 0.25) is 0 Å². The van der Waals surface area contributed by atoms with Crippen molar-refractivity contribution in [1.82, 2.24) is 14.9 Å². The number of hydrogen-bond acceptors (Lipinski definition) is 5. The minimum atomic E-state index is -3.16. The number of aliphatic imine (C=N–C) groups is 1. The highest BCUT2D eigenvalue weighted by molar-refractivity contribution is 6.02. The highest BCUT2D eigenvalue weighted by atomic mass is 19.3. The Morgan fingerprint density at radius 2 is 2.00 bits per heavy atom. The Balaban J connectivity index is 1.33. The summed E-state index contributed by atoms with van der Waals surface area (Å²) in [7, 11) is 0. The lowest BCUT2D eigenvalue weighted by molar-refractivity contribution is -0.00832. The molecule has 2 aliphatic heterocycles. The highest BCUT2D eigenvalue weighted by Gasteiger charge is 2.40. The summed E-state index contributed by atoms with van der Waals surface area (Å²) >= 11 is 0. The normalized spacial score (nSPS) is 22.1. The Morgan fingerprint density at radius 3 is 2.77 bits per heavy atom. The lowest BCUT2D eigenvalue weighted by Gasteiger charge is -2.26. The van der Waals surface area contributed by atoms with Crippen molar-refractivity contribution < 1.29 is 18.7 Å². The second kappa shape index (κ2) is 9.82. The number of nitrogens with zero attached hydrogens (tertiary/aromatic N) is 3. The fraction of sp³-hybridized carbons (Fsp3) is 0.323. The highest BCUT2D eigenvalue weighted by Crippen LogP contribution is 2.40. The molecule has 40 heavy (non-hydrogen) atoms. The van der Waals surface area contributed by atoms with Gasteiger partial charge < -0.3 is 20.3 Å². The van der Waals surface area contributed by atoms with Crippen LogP contribution in [0.4, 0.5) is 14.5 Å². The van der Waals surface area contributed by atoms with Gasteiger partial charge in [0.25, 0.3) is 11.8 Å². The molecule has 0 radical (unpaired) electrons. The Bertz CT molecular complexity index is 1570. The predicted octanol–water partition coefficient (Wildman–Crippen LogP) is 5.90. The maximum absolute atomic E-state index is 14.5. The molecular formula is C31H31F2N5O2. The molecule has 0 spiro atoms. The van der Waals surface area contributed by atoms with Crippen molar-refractivity contribution in [3.8, 4) is 5.69 Å². The topological polar surface area (TPSA) is 91.5 Å². The van der Waals surface area contributed by atoms with Crippen LogP contribution < -0.4 is 10.6 Å². The minimum Gasteiger partial charge on any atom is -0.386 e. The minimum absolute atomic E-state index is 0.0288. The van der Waals surface area contributed by atoms with E-state index in [-0.39, 0.29) is 11.1 Å². The molecule has 3 aliphatic rings. The molecule has 1 amide bonds. The van der Waals surface area contributed by atoms with Gasteiger partial charge in [-0.2, -0.15) is 8.78 Å². The number of rotatable bonds is 6. The van der Waals surface area contributed by atoms with Crippen molar-refractivity contribution >= 4 is 17.3 Å². The van der Waals surface area contributed by atoms with E-state index in [1.54, 1.807) is 32.3 Å². The second-order valence-corrected chi connectivity index (χ2v) is 11.1. The number of aromatic nitrogens is 2. The van der Waals surface area contributed by atoms with E-state index in [9.17, 15) is 18.7 Å². The standard InChI is InChI=1S/C31H31F2N5O2/c1-30(2,40)24-14-20(10-13-27(24)38-16-26(35-18-38)19-8-9-19)25-6-4-3-5-7-28(37-25)36-21-11-12-22-23(15-21)31(32,33)17-34-29(22)39/h3,5,7,10-16,18-19,36,40H,4,6,8-9,17H2,1-2H3,(H,34,39)/b5-3-,28-7-,37-25+. The third kappa shape index (κ3) is 5.21. The molecule has 0 bridgehead atoms. The van der Waals surface area contributed by atoms with Crippen LogP contribution in [0.1, 0.15) is 78.2 Å². The first-order chi connectivity index (χ1) is 19.1. The SMILES string of the molecule is CC(C)(O)c1cc(/C2=N/C(Nc3ccc4c(c3)C(F)(F)CNC4=O)=C\C=C/CC2)ccc1-n1cnc(C2CC2)c1. The van der Waals surface area contributed by atoms with Crippen LogP contribution >= 0.6 is 0 Å². The largest absolute Gasteiger partial charge is 0.386 e. The summed E-state index contributed by atoms with van der Waals surface area (Å²) in [6.45, 7) is 2.79. The molecule has 0 saturated heterocycles. The van der Waals surface area contributed by atoms with Crippen LogP contribution in [0, 0.1) is 0 Å². The van der Waals surface area contributed by atoms with Crippen LogP contribution in [0.3, 0.4) is 0 Å². The molecule has 3 N–H and O–H groups in total. The first-order valence-corrected chi connectivity index (χ1v) is 13.5. The van der Waals surface area contributed by atoms with Gasteiger partial charge in [-0.05, 0) is 81.5 Å². The lowest BCUT2D eigenvalue weighted by Crippen LogP contribution is -2.41. The summed E-state index contributed by atoms with van der Waals surface area (Å²) in [5.74, 6) is -2.66. The van der Waals surface area contributed by atoms with E-state index in [1.165, 1.54) is 12.1 Å². The number of carbonyl (C=O) groups excluding carboxylic acids is 1. The number of allylic oxidation sites excluding steroid dienone is 3. The molecule has 9 heteroatoms. The third-order valence-corrected chi connectivity index (χ3v) is 7.46. The summed E-state index contributed by atoms with van der Waals surface area (Å²) in [5.41, 5.74) is 3.30. The molecule has 6 rings (SSSR count). The molecule has 3 heterocycles. The molecule has 3 aromatic rings. The molecule has 206 valence electrons. The number of alkyl halides is 2. The molecule has 7 nitrogen and oxygen atoms in total. The number of fused-ring (bicyclic) bond motifs is 1. The number of imidazole rings is 1. The zero-order valence-electron chi connectivity index (χ0n) is 22.4. The number of hydrogen-bond donors (Lipinski definition) is 3. The Morgan fingerprint density at radius 1 is 1.18 bits per heavy atom. The van der Waals surface area contributed by atoms with Crippen molar-refractivity contribution in [2.45, 2.75) is 57.0 Å². The van der Waals surface area contributed by atoms with Crippen LogP contribution in [-0.4, -0.2) is 32.8 Å². The molecule has 1 aliphatic carbocycles. The van der Waals surface area contributed by atoms with Gasteiger partial charge in [0.15, 0.2) is 0 Å². The van der Waals surface area contributed by atoms with Crippen molar-refractivity contribution in [2.24, 2.45) is 4.99 Å². The number of anilines is 1. The number of nitrogens with one attached hydrogen (secondary N) is 2. The average Bonchev–Trinajstić information content (AvgIpc) is 3.64. The summed E-state index contributed by atoms with van der Waals surface area (Å²) in [6, 6.07) is 10.2. The smallest absolute Gasteiger partial charge is 0.291 e. The fourth-order valence-electron chi connectivity index (χ4n) is 5.14. The molecule has 1 saturated carbocycles. The number of amides is 1. The van der Waals surface area contributed by atoms with Gasteiger partial charge in [0.05, 0.1) is 35.6 Å². The number of carbonyl (C=O) groups is 1. The van der Waals surface area contributed by atoms with E-state index in [1.807, 2.05) is 41.1 Å². The van der Waals surface area contributed by atoms with Gasteiger partial charge in [0.2, 0.25) is 0 Å². The zero-order valence-corrected chi connectivity index (χ0v) is 22.4. The number of benzene rings is 2. The molecule has 1 aromatic heterocycles. The number of aliphatic hydroxyl groups is 1. The predicted molar refractivity (Wildman–Crippen MR) is 150 cm³/mol. The van der Waals surface area contributed by atoms with Gasteiger partial charge >= 0.3 is 0 Å². The van der Waals surface area contributed by atoms with E-state index in [2.05, 4.69) is 15.6 Å². The van der Waals surface area contributed by atoms with Gasteiger partial charge in [-0.25, -0.2) is 9.98 Å². The third-order valence-electron chi connectivity index (χ3n) is 7.46. The van der Waals surface area contributed by atoms with Gasteiger partial charge in [0, 0.05) is 34.5 Å². The molecule has 1 fully saturated rings. The summed E-state index contributed by atoms with van der Waals surface area (Å²) in [5, 5.41) is 16.5. The van der Waals surface area contributed by atoms with Gasteiger partial charge in [-0.1, -0.05) is 18.2 Å². The Labute approximate surface area is 231 Å². The lowest BCUT2D eigenvalue weighted by atomic mass is 9.92. The van der Waals surface area contributed by atoms with Crippen molar-refractivity contribution in [3.05, 3.63) is 101 Å². The first-order valence-electron chi connectivity index (χ1n) is 13.5. The van der Waals surface area contributed by atoms with E-state index in [4.69, 9.17) is 4.99 Å². The van der Waals surface area contributed by atoms with Crippen molar-refractivity contribution in [1.29, 1.82) is 0 Å². The number of halogens is 2. The van der Waals surface area contributed by atoms with Crippen LogP contribution in [0.15, 0.2) is 78.0 Å². The summed E-state index contributed by atoms with van der Waals surface area (Å²) in [6.07, 6.45) is 13.3. The van der Waals surface area contributed by atoms with Crippen LogP contribution in [0.5, 0.6) is 0 Å². The Hall–Kier alpha value is -4.11. The van der Waals surface area contributed by atoms with Gasteiger partial charge in [-0.3, -0.25) is 4.79 Å². The summed E-state index contributed by atoms with van der Waals surface area (Å²) in [4.78, 5) is 21.5. The first kappa shape index (κ1) is 26.1. The molecule has 0 unspecified atom stereocenters. The fourth-order valence-corrected chi connectivity index (χ4v) is 5.14. The van der Waals surface area contributed by atoms with Crippen LogP contribution in [-0.2, 0) is 11.5 Å². The maximum atomic E-state index is 14.5. The Kier molecular flexibility index (Phi) is 6.41. The monoisotopic (exact) mass is 543 g/mol. The van der Waals surface area contributed by atoms with Crippen molar-refractivity contribution in [3.63, 3.8) is 0 Å². The van der Waals surface area contributed by atoms with E-state index >= 15 is 0 Å². The van der Waals surface area contributed by atoms with Gasteiger partial charge in [0.1, 0.15) is 5.82 Å².